The molecule has 6 heteroatoms. The van der Waals surface area contributed by atoms with Crippen LogP contribution in [0.1, 0.15) is 30.5 Å². The number of rotatable bonds is 6. The highest BCUT2D eigenvalue weighted by atomic mass is 16.5. The van der Waals surface area contributed by atoms with Gasteiger partial charge in [-0.1, -0.05) is 12.1 Å². The molecule has 0 radical (unpaired) electrons. The molecule has 0 atom stereocenters. The van der Waals surface area contributed by atoms with Crippen molar-refractivity contribution in [2.75, 3.05) is 6.61 Å². The fraction of sp³-hybridized carbons (Fsp3) is 0.304. The lowest BCUT2D eigenvalue weighted by Crippen LogP contribution is -2.30. The molecule has 0 aliphatic heterocycles. The molecule has 1 N–H and O–H groups in total. The fourth-order valence-electron chi connectivity index (χ4n) is 2.77. The quantitative estimate of drug-likeness (QED) is 0.631. The van der Waals surface area contributed by atoms with Gasteiger partial charge in [-0.2, -0.15) is 0 Å². The van der Waals surface area contributed by atoms with Gasteiger partial charge >= 0.3 is 5.97 Å². The minimum Gasteiger partial charge on any atom is -0.492 e. The molecule has 3 rings (SSSR count). The van der Waals surface area contributed by atoms with Gasteiger partial charge in [0.05, 0.1) is 10.8 Å². The predicted octanol–water partition coefficient (Wildman–Crippen LogP) is 5.00. The first kappa shape index (κ1) is 20.5. The van der Waals surface area contributed by atoms with Crippen molar-refractivity contribution >= 4 is 16.9 Å². The van der Waals surface area contributed by atoms with Gasteiger partial charge in [-0.05, 0) is 63.4 Å². The van der Waals surface area contributed by atoms with Crippen molar-refractivity contribution in [3.05, 3.63) is 63.5 Å². The van der Waals surface area contributed by atoms with E-state index in [4.69, 9.17) is 13.9 Å². The number of carboxylic acid groups (broad SMARTS) is 1. The second-order valence-electron chi connectivity index (χ2n) is 7.82. The molecule has 0 unspecified atom stereocenters. The minimum absolute atomic E-state index is 0.00875. The zero-order valence-corrected chi connectivity index (χ0v) is 17.2. The molecule has 152 valence electrons. The first-order chi connectivity index (χ1) is 13.6. The van der Waals surface area contributed by atoms with E-state index in [2.05, 4.69) is 0 Å². The van der Waals surface area contributed by atoms with Crippen molar-refractivity contribution in [3.8, 4) is 17.2 Å². The Hall–Kier alpha value is -3.28. The molecular formula is C23H24O6. The SMILES string of the molecule is Cc1ccc(C)c(Oc2coc3cc(OCC(C)(C)C(=O)O)ccc3c2=O)c1C. The third-order valence-electron chi connectivity index (χ3n) is 4.98. The molecule has 0 spiro atoms. The zero-order valence-electron chi connectivity index (χ0n) is 17.2. The van der Waals surface area contributed by atoms with Crippen LogP contribution in [0.3, 0.4) is 0 Å². The molecular weight excluding hydrogens is 372 g/mol. The van der Waals surface area contributed by atoms with E-state index in [1.165, 1.54) is 6.26 Å². The smallest absolute Gasteiger partial charge is 0.312 e. The number of aryl methyl sites for hydroxylation is 2. The van der Waals surface area contributed by atoms with Gasteiger partial charge in [0.25, 0.3) is 0 Å². The van der Waals surface area contributed by atoms with Crippen molar-refractivity contribution < 1.29 is 23.8 Å². The molecule has 0 fully saturated rings. The van der Waals surface area contributed by atoms with Gasteiger partial charge < -0.3 is 19.0 Å². The Labute approximate surface area is 168 Å². The summed E-state index contributed by atoms with van der Waals surface area (Å²) in [4.78, 5) is 24.1. The van der Waals surface area contributed by atoms with Crippen LogP contribution in [0.25, 0.3) is 11.0 Å². The van der Waals surface area contributed by atoms with E-state index in [0.29, 0.717) is 22.5 Å². The van der Waals surface area contributed by atoms with Crippen LogP contribution in [-0.4, -0.2) is 17.7 Å². The van der Waals surface area contributed by atoms with E-state index in [9.17, 15) is 14.7 Å². The number of aliphatic carboxylic acids is 1. The van der Waals surface area contributed by atoms with Crippen molar-refractivity contribution in [3.63, 3.8) is 0 Å². The lowest BCUT2D eigenvalue weighted by molar-refractivity contribution is -0.148. The summed E-state index contributed by atoms with van der Waals surface area (Å²) in [5, 5.41) is 9.54. The van der Waals surface area contributed by atoms with Crippen LogP contribution in [0.5, 0.6) is 17.2 Å². The van der Waals surface area contributed by atoms with Crippen molar-refractivity contribution in [2.24, 2.45) is 5.41 Å². The lowest BCUT2D eigenvalue weighted by atomic mass is 9.95. The van der Waals surface area contributed by atoms with E-state index in [1.54, 1.807) is 32.0 Å². The Balaban J connectivity index is 1.91. The summed E-state index contributed by atoms with van der Waals surface area (Å²) in [6.45, 7) is 9.00. The molecule has 0 bridgehead atoms. The topological polar surface area (TPSA) is 86.0 Å². The summed E-state index contributed by atoms with van der Waals surface area (Å²) in [5.74, 6) is 0.227. The Kier molecular flexibility index (Phi) is 5.38. The van der Waals surface area contributed by atoms with E-state index >= 15 is 0 Å². The van der Waals surface area contributed by atoms with Crippen LogP contribution >= 0.6 is 0 Å². The number of benzene rings is 2. The Morgan fingerprint density at radius 2 is 1.79 bits per heavy atom. The Morgan fingerprint density at radius 1 is 1.10 bits per heavy atom. The first-order valence-electron chi connectivity index (χ1n) is 9.26. The molecule has 2 aromatic carbocycles. The number of carbonyl (C=O) groups is 1. The maximum absolute atomic E-state index is 12.9. The number of hydrogen-bond acceptors (Lipinski definition) is 5. The van der Waals surface area contributed by atoms with Gasteiger partial charge in [0.2, 0.25) is 11.2 Å². The molecule has 1 heterocycles. The van der Waals surface area contributed by atoms with E-state index < -0.39 is 11.4 Å². The zero-order chi connectivity index (χ0) is 21.3. The number of fused-ring (bicyclic) bond motifs is 1. The lowest BCUT2D eigenvalue weighted by Gasteiger charge is -2.19. The second-order valence-corrected chi connectivity index (χ2v) is 7.82. The van der Waals surface area contributed by atoms with Crippen molar-refractivity contribution in [2.45, 2.75) is 34.6 Å². The minimum atomic E-state index is -1.03. The molecule has 0 aliphatic rings. The van der Waals surface area contributed by atoms with Gasteiger partial charge in [0, 0.05) is 6.07 Å². The van der Waals surface area contributed by atoms with Crippen molar-refractivity contribution in [1.29, 1.82) is 0 Å². The van der Waals surface area contributed by atoms with Gasteiger partial charge in [-0.25, -0.2) is 0 Å². The van der Waals surface area contributed by atoms with Crippen molar-refractivity contribution in [1.82, 2.24) is 0 Å². The summed E-state index contributed by atoms with van der Waals surface area (Å²) in [6, 6.07) is 8.73. The second kappa shape index (κ2) is 7.62. The first-order valence-corrected chi connectivity index (χ1v) is 9.26. The maximum atomic E-state index is 12.9. The summed E-state index contributed by atoms with van der Waals surface area (Å²) >= 11 is 0. The molecule has 6 nitrogen and oxygen atoms in total. The largest absolute Gasteiger partial charge is 0.492 e. The third-order valence-corrected chi connectivity index (χ3v) is 4.98. The van der Waals surface area contributed by atoms with Gasteiger partial charge in [0.15, 0.2) is 0 Å². The van der Waals surface area contributed by atoms with Gasteiger partial charge in [0.1, 0.15) is 30.0 Å². The molecule has 0 amide bonds. The predicted molar refractivity (Wildman–Crippen MR) is 110 cm³/mol. The summed E-state index contributed by atoms with van der Waals surface area (Å²) < 4.78 is 17.1. The van der Waals surface area contributed by atoms with E-state index in [-0.39, 0.29) is 17.8 Å². The molecule has 1 aromatic heterocycles. The number of hydrogen-bond donors (Lipinski definition) is 1. The monoisotopic (exact) mass is 396 g/mol. The molecule has 29 heavy (non-hydrogen) atoms. The Morgan fingerprint density at radius 3 is 2.48 bits per heavy atom. The number of carboxylic acids is 1. The standard InChI is InChI=1S/C23H24O6/c1-13-6-7-14(2)21(15(13)3)29-19-11-27-18-10-16(8-9-17(18)20(19)24)28-12-23(4,5)22(25)26/h6-11H,12H2,1-5H3,(H,25,26). The summed E-state index contributed by atoms with van der Waals surface area (Å²) in [6.07, 6.45) is 1.29. The highest BCUT2D eigenvalue weighted by molar-refractivity contribution is 5.79. The number of ether oxygens (including phenoxy) is 2. The third kappa shape index (κ3) is 4.11. The highest BCUT2D eigenvalue weighted by Crippen LogP contribution is 2.30. The fourth-order valence-corrected chi connectivity index (χ4v) is 2.77. The van der Waals surface area contributed by atoms with Crippen LogP contribution in [-0.2, 0) is 4.79 Å². The maximum Gasteiger partial charge on any atom is 0.312 e. The van der Waals surface area contributed by atoms with Crippen LogP contribution in [0.2, 0.25) is 0 Å². The molecule has 0 aliphatic carbocycles. The van der Waals surface area contributed by atoms with E-state index in [0.717, 1.165) is 16.7 Å². The average molecular weight is 396 g/mol. The van der Waals surface area contributed by atoms with Gasteiger partial charge in [-0.15, -0.1) is 0 Å². The highest BCUT2D eigenvalue weighted by Gasteiger charge is 2.28. The molecule has 0 saturated carbocycles. The Bertz CT molecular complexity index is 1140. The van der Waals surface area contributed by atoms with Gasteiger partial charge in [-0.3, -0.25) is 9.59 Å². The van der Waals surface area contributed by atoms with Crippen LogP contribution in [0.4, 0.5) is 0 Å². The molecule has 0 saturated heterocycles. The van der Waals surface area contributed by atoms with Crippen LogP contribution in [0, 0.1) is 26.2 Å². The normalized spacial score (nSPS) is 11.5. The molecule has 3 aromatic rings. The van der Waals surface area contributed by atoms with Crippen LogP contribution < -0.4 is 14.9 Å². The summed E-state index contributed by atoms with van der Waals surface area (Å²) in [5.41, 5.74) is 1.99. The van der Waals surface area contributed by atoms with Crippen LogP contribution in [0.15, 0.2) is 45.8 Å². The van der Waals surface area contributed by atoms with E-state index in [1.807, 2.05) is 32.9 Å². The average Bonchev–Trinajstić information content (AvgIpc) is 2.68. The summed E-state index contributed by atoms with van der Waals surface area (Å²) in [7, 11) is 0.